The molecule has 1 fully saturated rings. The van der Waals surface area contributed by atoms with E-state index < -0.39 is 23.6 Å². The van der Waals surface area contributed by atoms with Crippen LogP contribution in [0.2, 0.25) is 0 Å². The number of nitrogens with zero attached hydrogens (tertiary/aromatic N) is 3. The number of carbonyl (C=O) groups is 1. The minimum Gasteiger partial charge on any atom is -0.480 e. The molecule has 1 aliphatic rings. The lowest BCUT2D eigenvalue weighted by Gasteiger charge is -2.22. The van der Waals surface area contributed by atoms with E-state index in [0.717, 1.165) is 18.6 Å². The molecular formula is C13H11F2N3O2. The van der Waals surface area contributed by atoms with Gasteiger partial charge in [-0.25, -0.2) is 18.6 Å². The number of carboxylic acid groups (broad SMARTS) is 1. The summed E-state index contributed by atoms with van der Waals surface area (Å²) in [6, 6.07) is 1.29. The van der Waals surface area contributed by atoms with Crippen LogP contribution in [-0.2, 0) is 4.79 Å². The summed E-state index contributed by atoms with van der Waals surface area (Å²) in [5, 5.41) is 9.14. The highest BCUT2D eigenvalue weighted by atomic mass is 19.2. The fourth-order valence-electron chi connectivity index (χ4n) is 2.43. The molecule has 104 valence electrons. The average molecular weight is 279 g/mol. The van der Waals surface area contributed by atoms with Crippen LogP contribution in [0, 0.1) is 11.6 Å². The lowest BCUT2D eigenvalue weighted by Crippen LogP contribution is -2.36. The number of fused-ring (bicyclic) bond motifs is 1. The predicted octanol–water partition coefficient (Wildman–Crippen LogP) is 1.96. The second-order valence-electron chi connectivity index (χ2n) is 4.67. The van der Waals surface area contributed by atoms with Crippen molar-refractivity contribution in [1.29, 1.82) is 0 Å². The molecular weight excluding hydrogens is 268 g/mol. The summed E-state index contributed by atoms with van der Waals surface area (Å²) in [6.45, 7) is 0.556. The van der Waals surface area contributed by atoms with Gasteiger partial charge in [0, 0.05) is 18.7 Å². The van der Waals surface area contributed by atoms with Crippen molar-refractivity contribution in [2.24, 2.45) is 0 Å². The van der Waals surface area contributed by atoms with Crippen molar-refractivity contribution in [3.63, 3.8) is 0 Å². The van der Waals surface area contributed by atoms with Gasteiger partial charge in [-0.1, -0.05) is 0 Å². The number of carboxylic acids is 1. The summed E-state index contributed by atoms with van der Waals surface area (Å²) in [6.07, 6.45) is 2.67. The third-order valence-corrected chi connectivity index (χ3v) is 3.40. The van der Waals surface area contributed by atoms with Crippen LogP contribution in [0.5, 0.6) is 0 Å². The highest BCUT2D eigenvalue weighted by Crippen LogP contribution is 2.25. The summed E-state index contributed by atoms with van der Waals surface area (Å²) in [5.41, 5.74) is 0.441. The number of hydrogen-bond acceptors (Lipinski definition) is 4. The van der Waals surface area contributed by atoms with E-state index >= 15 is 0 Å². The van der Waals surface area contributed by atoms with E-state index in [1.54, 1.807) is 4.90 Å². The Labute approximate surface area is 112 Å². The number of benzene rings is 1. The number of aliphatic carboxylic acids is 1. The van der Waals surface area contributed by atoms with Crippen molar-refractivity contribution in [2.45, 2.75) is 18.9 Å². The number of rotatable bonds is 2. The lowest BCUT2D eigenvalue weighted by molar-refractivity contribution is -0.138. The van der Waals surface area contributed by atoms with Crippen LogP contribution >= 0.6 is 0 Å². The summed E-state index contributed by atoms with van der Waals surface area (Å²) < 4.78 is 26.3. The summed E-state index contributed by atoms with van der Waals surface area (Å²) in [5.74, 6) is -2.53. The van der Waals surface area contributed by atoms with Gasteiger partial charge in [0.1, 0.15) is 11.9 Å². The number of halogens is 2. The maximum absolute atomic E-state index is 13.2. The minimum absolute atomic E-state index is 0.206. The summed E-state index contributed by atoms with van der Waals surface area (Å²) in [7, 11) is 0. The molecule has 2 aromatic rings. The van der Waals surface area contributed by atoms with Crippen molar-refractivity contribution in [3.05, 3.63) is 30.0 Å². The number of hydrogen-bond donors (Lipinski definition) is 1. The van der Waals surface area contributed by atoms with Gasteiger partial charge in [-0.15, -0.1) is 0 Å². The first kappa shape index (κ1) is 12.7. The first-order chi connectivity index (χ1) is 9.56. The van der Waals surface area contributed by atoms with Crippen LogP contribution in [0.1, 0.15) is 12.8 Å². The van der Waals surface area contributed by atoms with Gasteiger partial charge in [-0.2, -0.15) is 0 Å². The Morgan fingerprint density at radius 1 is 1.30 bits per heavy atom. The number of anilines is 1. The van der Waals surface area contributed by atoms with E-state index in [2.05, 4.69) is 9.97 Å². The topological polar surface area (TPSA) is 66.3 Å². The SMILES string of the molecule is O=C(O)[C@H]1CCCN1c1cnc2cc(F)c(F)cc2n1. The van der Waals surface area contributed by atoms with Crippen LogP contribution in [0.25, 0.3) is 11.0 Å². The van der Waals surface area contributed by atoms with Gasteiger partial charge in [0.05, 0.1) is 17.2 Å². The van der Waals surface area contributed by atoms with Gasteiger partial charge in [0.25, 0.3) is 0 Å². The molecule has 0 aliphatic carbocycles. The van der Waals surface area contributed by atoms with Gasteiger partial charge >= 0.3 is 5.97 Å². The van der Waals surface area contributed by atoms with E-state index in [0.29, 0.717) is 18.8 Å². The average Bonchev–Trinajstić information content (AvgIpc) is 2.89. The Morgan fingerprint density at radius 2 is 2.00 bits per heavy atom. The quantitative estimate of drug-likeness (QED) is 0.910. The smallest absolute Gasteiger partial charge is 0.326 e. The molecule has 0 bridgehead atoms. The van der Waals surface area contributed by atoms with Gasteiger partial charge in [-0.3, -0.25) is 4.98 Å². The van der Waals surface area contributed by atoms with Crippen molar-refractivity contribution < 1.29 is 18.7 Å². The van der Waals surface area contributed by atoms with E-state index in [1.165, 1.54) is 6.20 Å². The molecule has 0 unspecified atom stereocenters. The third kappa shape index (κ3) is 2.04. The molecule has 1 aliphatic heterocycles. The monoisotopic (exact) mass is 279 g/mol. The summed E-state index contributed by atoms with van der Waals surface area (Å²) >= 11 is 0. The first-order valence-corrected chi connectivity index (χ1v) is 6.17. The van der Waals surface area contributed by atoms with Gasteiger partial charge in [0.2, 0.25) is 0 Å². The van der Waals surface area contributed by atoms with Crippen LogP contribution in [0.3, 0.4) is 0 Å². The van der Waals surface area contributed by atoms with Crippen LogP contribution < -0.4 is 4.90 Å². The Bertz CT molecular complexity index is 693. The molecule has 1 N–H and O–H groups in total. The maximum Gasteiger partial charge on any atom is 0.326 e. The van der Waals surface area contributed by atoms with E-state index in [1.807, 2.05) is 0 Å². The fraction of sp³-hybridized carbons (Fsp3) is 0.308. The Kier molecular flexibility index (Phi) is 2.96. The van der Waals surface area contributed by atoms with Crippen molar-refractivity contribution in [1.82, 2.24) is 9.97 Å². The molecule has 3 rings (SSSR count). The van der Waals surface area contributed by atoms with E-state index in [9.17, 15) is 13.6 Å². The van der Waals surface area contributed by atoms with Crippen molar-refractivity contribution in [2.75, 3.05) is 11.4 Å². The zero-order valence-corrected chi connectivity index (χ0v) is 10.4. The molecule has 7 heteroatoms. The van der Waals surface area contributed by atoms with E-state index in [-0.39, 0.29) is 11.0 Å². The van der Waals surface area contributed by atoms with Crippen LogP contribution in [0.15, 0.2) is 18.3 Å². The number of aromatic nitrogens is 2. The normalized spacial score (nSPS) is 18.7. The second-order valence-corrected chi connectivity index (χ2v) is 4.67. The minimum atomic E-state index is -1.000. The maximum atomic E-state index is 13.2. The Hall–Kier alpha value is -2.31. The van der Waals surface area contributed by atoms with Gasteiger partial charge in [-0.05, 0) is 12.8 Å². The first-order valence-electron chi connectivity index (χ1n) is 6.17. The Balaban J connectivity index is 2.04. The standard InChI is InChI=1S/C13H11F2N3O2/c14-7-4-9-10(5-8(7)15)17-12(6-16-9)18-3-1-2-11(18)13(19)20/h4-6,11H,1-3H2,(H,19,20)/t11-/m1/s1. The predicted molar refractivity (Wildman–Crippen MR) is 67.5 cm³/mol. The third-order valence-electron chi connectivity index (χ3n) is 3.40. The molecule has 1 aromatic carbocycles. The van der Waals surface area contributed by atoms with Crippen molar-refractivity contribution in [3.8, 4) is 0 Å². The highest BCUT2D eigenvalue weighted by Gasteiger charge is 2.31. The van der Waals surface area contributed by atoms with E-state index in [4.69, 9.17) is 5.11 Å². The molecule has 0 radical (unpaired) electrons. The highest BCUT2D eigenvalue weighted by molar-refractivity contribution is 5.80. The molecule has 20 heavy (non-hydrogen) atoms. The zero-order chi connectivity index (χ0) is 14.3. The lowest BCUT2D eigenvalue weighted by atomic mass is 10.2. The molecule has 1 aromatic heterocycles. The molecule has 1 atom stereocenters. The largest absolute Gasteiger partial charge is 0.480 e. The molecule has 0 amide bonds. The second kappa shape index (κ2) is 4.66. The fourth-order valence-corrected chi connectivity index (χ4v) is 2.43. The molecule has 1 saturated heterocycles. The van der Waals surface area contributed by atoms with Gasteiger partial charge < -0.3 is 10.0 Å². The zero-order valence-electron chi connectivity index (χ0n) is 10.4. The molecule has 2 heterocycles. The van der Waals surface area contributed by atoms with Crippen LogP contribution in [0.4, 0.5) is 14.6 Å². The molecule has 0 spiro atoms. The Morgan fingerprint density at radius 3 is 2.70 bits per heavy atom. The van der Waals surface area contributed by atoms with Crippen LogP contribution in [-0.4, -0.2) is 33.6 Å². The summed E-state index contributed by atoms with van der Waals surface area (Å²) in [4.78, 5) is 21.0. The van der Waals surface area contributed by atoms with Gasteiger partial charge in [0.15, 0.2) is 11.6 Å². The molecule has 5 nitrogen and oxygen atoms in total. The van der Waals surface area contributed by atoms with Crippen molar-refractivity contribution >= 4 is 22.8 Å². The molecule has 0 saturated carbocycles.